The molecule has 28 heavy (non-hydrogen) atoms. The number of carbonyl (C=O) groups excluding carboxylic acids is 2. The van der Waals surface area contributed by atoms with Crippen molar-refractivity contribution in [3.63, 3.8) is 0 Å². The minimum atomic E-state index is -0.266. The highest BCUT2D eigenvalue weighted by molar-refractivity contribution is 5.87. The zero-order chi connectivity index (χ0) is 20.0. The number of hydrogen-bond acceptors (Lipinski definition) is 4. The molecule has 0 spiro atoms. The normalized spacial score (nSPS) is 26.8. The summed E-state index contributed by atoms with van der Waals surface area (Å²) in [7, 11) is 2.19. The number of nitrogens with zero attached hydrogens (tertiary/aromatic N) is 3. The predicted octanol–water partition coefficient (Wildman–Crippen LogP) is 2.23. The van der Waals surface area contributed by atoms with Gasteiger partial charge in [0.1, 0.15) is 6.04 Å². The molecule has 3 heterocycles. The highest BCUT2D eigenvalue weighted by Crippen LogP contribution is 2.31. The molecule has 2 amide bonds. The molecule has 0 bridgehead atoms. The zero-order valence-corrected chi connectivity index (χ0v) is 18.0. The molecule has 6 heteroatoms. The summed E-state index contributed by atoms with van der Waals surface area (Å²) in [5.74, 6) is 0.215. The number of nitrogens with one attached hydrogen (secondary N) is 1. The summed E-state index contributed by atoms with van der Waals surface area (Å²) in [6.45, 7) is 7.99. The summed E-state index contributed by atoms with van der Waals surface area (Å²) in [6.07, 6.45) is 10.4. The Bertz CT molecular complexity index is 525. The molecule has 3 saturated heterocycles. The lowest BCUT2D eigenvalue weighted by Crippen LogP contribution is -2.62. The Morgan fingerprint density at radius 3 is 2.32 bits per heavy atom. The first kappa shape index (κ1) is 21.6. The summed E-state index contributed by atoms with van der Waals surface area (Å²) in [5.41, 5.74) is 0.0928. The van der Waals surface area contributed by atoms with Crippen molar-refractivity contribution < 1.29 is 9.59 Å². The Kier molecular flexibility index (Phi) is 7.75. The molecule has 0 aromatic carbocycles. The van der Waals surface area contributed by atoms with Gasteiger partial charge in [0.05, 0.1) is 0 Å². The van der Waals surface area contributed by atoms with Crippen LogP contribution in [0.5, 0.6) is 0 Å². The van der Waals surface area contributed by atoms with Crippen LogP contribution in [-0.2, 0) is 9.59 Å². The van der Waals surface area contributed by atoms with Gasteiger partial charge in [-0.05, 0) is 84.6 Å². The molecular weight excluding hydrogens is 352 g/mol. The van der Waals surface area contributed by atoms with E-state index in [0.29, 0.717) is 6.42 Å². The van der Waals surface area contributed by atoms with E-state index in [-0.39, 0.29) is 23.4 Å². The van der Waals surface area contributed by atoms with Gasteiger partial charge in [0.2, 0.25) is 11.8 Å². The predicted molar refractivity (Wildman–Crippen MR) is 112 cm³/mol. The van der Waals surface area contributed by atoms with Gasteiger partial charge in [-0.25, -0.2) is 0 Å². The van der Waals surface area contributed by atoms with Crippen LogP contribution >= 0.6 is 0 Å². The largest absolute Gasteiger partial charge is 0.352 e. The molecule has 1 unspecified atom stereocenters. The minimum Gasteiger partial charge on any atom is -0.352 e. The molecule has 6 nitrogen and oxygen atoms in total. The van der Waals surface area contributed by atoms with Crippen molar-refractivity contribution in [1.82, 2.24) is 20.0 Å². The molecule has 0 radical (unpaired) electrons. The summed E-state index contributed by atoms with van der Waals surface area (Å²) in [6, 6.07) is -0.266. The van der Waals surface area contributed by atoms with Crippen LogP contribution in [0.2, 0.25) is 0 Å². The van der Waals surface area contributed by atoms with E-state index in [2.05, 4.69) is 22.2 Å². The molecule has 3 aliphatic heterocycles. The van der Waals surface area contributed by atoms with Crippen LogP contribution in [0.1, 0.15) is 71.1 Å². The van der Waals surface area contributed by atoms with Gasteiger partial charge in [0.15, 0.2) is 0 Å². The maximum atomic E-state index is 13.1. The lowest BCUT2D eigenvalue weighted by molar-refractivity contribution is -0.142. The standard InChI is InChI=1S/C22H40N4O2/c1-3-9-20(27)26-15-8-5-10-19(26)21(28)23-18-22(11-16-24(2)17-12-22)25-13-6-4-7-14-25/h19H,3-18H2,1-2H3,(H,23,28). The van der Waals surface area contributed by atoms with Gasteiger partial charge < -0.3 is 15.1 Å². The van der Waals surface area contributed by atoms with E-state index in [1.165, 1.54) is 19.3 Å². The van der Waals surface area contributed by atoms with E-state index in [1.807, 2.05) is 11.8 Å². The molecule has 3 rings (SSSR count). The molecule has 0 aliphatic carbocycles. The van der Waals surface area contributed by atoms with E-state index in [9.17, 15) is 9.59 Å². The number of carbonyl (C=O) groups is 2. The number of amides is 2. The van der Waals surface area contributed by atoms with Crippen molar-refractivity contribution in [3.05, 3.63) is 0 Å². The minimum absolute atomic E-state index is 0.0689. The van der Waals surface area contributed by atoms with E-state index in [4.69, 9.17) is 0 Å². The number of rotatable bonds is 6. The topological polar surface area (TPSA) is 55.9 Å². The van der Waals surface area contributed by atoms with Crippen molar-refractivity contribution >= 4 is 11.8 Å². The maximum Gasteiger partial charge on any atom is 0.242 e. The van der Waals surface area contributed by atoms with Crippen LogP contribution in [0.4, 0.5) is 0 Å². The van der Waals surface area contributed by atoms with Crippen LogP contribution in [0.15, 0.2) is 0 Å². The Labute approximate surface area is 171 Å². The molecule has 160 valence electrons. The lowest BCUT2D eigenvalue weighted by Gasteiger charge is -2.50. The van der Waals surface area contributed by atoms with E-state index < -0.39 is 0 Å². The Morgan fingerprint density at radius 1 is 0.964 bits per heavy atom. The smallest absolute Gasteiger partial charge is 0.242 e. The van der Waals surface area contributed by atoms with Crippen molar-refractivity contribution in [2.75, 3.05) is 46.3 Å². The summed E-state index contributed by atoms with van der Waals surface area (Å²) in [5, 5.41) is 3.31. The third kappa shape index (κ3) is 5.07. The lowest BCUT2D eigenvalue weighted by atomic mass is 9.84. The molecule has 0 aromatic heterocycles. The molecule has 1 N–H and O–H groups in total. The third-order valence-electron chi connectivity index (χ3n) is 7.13. The Balaban J connectivity index is 1.64. The third-order valence-corrected chi connectivity index (χ3v) is 7.13. The van der Waals surface area contributed by atoms with Crippen molar-refractivity contribution in [2.45, 2.75) is 82.7 Å². The second kappa shape index (κ2) is 10.1. The Morgan fingerprint density at radius 2 is 1.64 bits per heavy atom. The van der Waals surface area contributed by atoms with Gasteiger partial charge in [-0.1, -0.05) is 13.3 Å². The van der Waals surface area contributed by atoms with Crippen LogP contribution in [0.25, 0.3) is 0 Å². The summed E-state index contributed by atoms with van der Waals surface area (Å²) in [4.78, 5) is 32.5. The molecule has 0 aromatic rings. The molecule has 0 saturated carbocycles. The maximum absolute atomic E-state index is 13.1. The molecule has 3 fully saturated rings. The van der Waals surface area contributed by atoms with Gasteiger partial charge in [-0.3, -0.25) is 14.5 Å². The number of likely N-dealkylation sites (tertiary alicyclic amines) is 3. The van der Waals surface area contributed by atoms with E-state index >= 15 is 0 Å². The van der Waals surface area contributed by atoms with Gasteiger partial charge >= 0.3 is 0 Å². The average molecular weight is 393 g/mol. The van der Waals surface area contributed by atoms with Gasteiger partial charge in [0, 0.05) is 25.0 Å². The highest BCUT2D eigenvalue weighted by Gasteiger charge is 2.41. The Hall–Kier alpha value is -1.14. The van der Waals surface area contributed by atoms with Crippen molar-refractivity contribution in [2.24, 2.45) is 0 Å². The molecule has 3 aliphatic rings. The zero-order valence-electron chi connectivity index (χ0n) is 18.0. The van der Waals surface area contributed by atoms with Crippen molar-refractivity contribution in [3.8, 4) is 0 Å². The SMILES string of the molecule is CCCC(=O)N1CCCCC1C(=O)NCC1(N2CCCCC2)CCN(C)CC1. The van der Waals surface area contributed by atoms with E-state index in [0.717, 1.165) is 77.8 Å². The van der Waals surface area contributed by atoms with Gasteiger partial charge in [-0.15, -0.1) is 0 Å². The van der Waals surface area contributed by atoms with Crippen LogP contribution in [0, 0.1) is 0 Å². The van der Waals surface area contributed by atoms with Crippen LogP contribution < -0.4 is 5.32 Å². The number of piperidine rings is 3. The monoisotopic (exact) mass is 392 g/mol. The van der Waals surface area contributed by atoms with Crippen molar-refractivity contribution in [1.29, 1.82) is 0 Å². The first-order valence-corrected chi connectivity index (χ1v) is 11.6. The highest BCUT2D eigenvalue weighted by atomic mass is 16.2. The van der Waals surface area contributed by atoms with Crippen LogP contribution in [0.3, 0.4) is 0 Å². The van der Waals surface area contributed by atoms with Gasteiger partial charge in [-0.2, -0.15) is 0 Å². The van der Waals surface area contributed by atoms with Gasteiger partial charge in [0.25, 0.3) is 0 Å². The second-order valence-electron chi connectivity index (χ2n) is 9.14. The number of hydrogen-bond donors (Lipinski definition) is 1. The fourth-order valence-electron chi connectivity index (χ4n) is 5.24. The fourth-order valence-corrected chi connectivity index (χ4v) is 5.24. The molecular formula is C22H40N4O2. The fraction of sp³-hybridized carbons (Fsp3) is 0.909. The summed E-state index contributed by atoms with van der Waals surface area (Å²) < 4.78 is 0. The summed E-state index contributed by atoms with van der Waals surface area (Å²) >= 11 is 0. The molecule has 1 atom stereocenters. The van der Waals surface area contributed by atoms with E-state index in [1.54, 1.807) is 0 Å². The second-order valence-corrected chi connectivity index (χ2v) is 9.14. The first-order valence-electron chi connectivity index (χ1n) is 11.6. The quantitative estimate of drug-likeness (QED) is 0.753. The van der Waals surface area contributed by atoms with Crippen LogP contribution in [-0.4, -0.2) is 84.4 Å². The first-order chi connectivity index (χ1) is 13.6. The average Bonchev–Trinajstić information content (AvgIpc) is 2.74.